The number of nitrogens with one attached hydrogen (secondary N) is 1. The molecule has 0 bridgehead atoms. The quantitative estimate of drug-likeness (QED) is 0.269. The van der Waals surface area contributed by atoms with Gasteiger partial charge in [0.25, 0.3) is 5.56 Å². The Morgan fingerprint density at radius 1 is 1.14 bits per heavy atom. The van der Waals surface area contributed by atoms with Crippen molar-refractivity contribution in [1.82, 2.24) is 9.55 Å². The Balaban J connectivity index is 1.31. The molecule has 182 valence electrons. The molecule has 0 fully saturated rings. The molecule has 35 heavy (non-hydrogen) atoms. The number of carbonyl (C=O) groups is 1. The summed E-state index contributed by atoms with van der Waals surface area (Å²) in [5.74, 6) is -0.634. The minimum Gasteiger partial charge on any atom is -0.395 e. The molecule has 3 aromatic rings. The molecular formula is C25H23F2N3O4S. The molecule has 1 aliphatic carbocycles. The van der Waals surface area contributed by atoms with Gasteiger partial charge in [-0.3, -0.25) is 14.2 Å². The predicted octanol–water partition coefficient (Wildman–Crippen LogP) is 5.34. The summed E-state index contributed by atoms with van der Waals surface area (Å²) in [5, 5.41) is 3.66. The summed E-state index contributed by atoms with van der Waals surface area (Å²) in [6, 6.07) is 11.2. The number of fused-ring (bicyclic) bond motifs is 2. The monoisotopic (exact) mass is 499 g/mol. The lowest BCUT2D eigenvalue weighted by molar-refractivity contribution is -0.286. The molecule has 0 unspecified atom stereocenters. The summed E-state index contributed by atoms with van der Waals surface area (Å²) < 4.78 is 36.9. The Kier molecular flexibility index (Phi) is 6.46. The summed E-state index contributed by atoms with van der Waals surface area (Å²) >= 11 is 1.16. The number of thioether (sulfide) groups is 1. The molecule has 1 aliphatic heterocycles. The van der Waals surface area contributed by atoms with Gasteiger partial charge < -0.3 is 14.8 Å². The van der Waals surface area contributed by atoms with E-state index in [-0.39, 0.29) is 28.7 Å². The van der Waals surface area contributed by atoms with E-state index in [0.29, 0.717) is 28.3 Å². The van der Waals surface area contributed by atoms with Crippen LogP contribution in [0.4, 0.5) is 14.5 Å². The highest BCUT2D eigenvalue weighted by molar-refractivity contribution is 7.99. The van der Waals surface area contributed by atoms with Crippen molar-refractivity contribution in [3.63, 3.8) is 0 Å². The highest BCUT2D eigenvalue weighted by Gasteiger charge is 2.43. The van der Waals surface area contributed by atoms with Crippen molar-refractivity contribution in [2.75, 3.05) is 11.1 Å². The number of hydrogen-bond acceptors (Lipinski definition) is 6. The second kappa shape index (κ2) is 9.69. The van der Waals surface area contributed by atoms with Crippen molar-refractivity contribution in [3.05, 3.63) is 64.5 Å². The van der Waals surface area contributed by atoms with Gasteiger partial charge >= 0.3 is 6.29 Å². The van der Waals surface area contributed by atoms with E-state index in [2.05, 4.69) is 25.9 Å². The fourth-order valence-corrected chi connectivity index (χ4v) is 5.02. The average Bonchev–Trinajstić information content (AvgIpc) is 3.16. The van der Waals surface area contributed by atoms with Crippen molar-refractivity contribution in [1.29, 1.82) is 0 Å². The van der Waals surface area contributed by atoms with Crippen LogP contribution in [0, 0.1) is 0 Å². The zero-order valence-corrected chi connectivity index (χ0v) is 19.6. The van der Waals surface area contributed by atoms with Crippen LogP contribution < -0.4 is 20.3 Å². The van der Waals surface area contributed by atoms with E-state index in [1.807, 2.05) is 6.07 Å². The number of nitrogens with zero attached hydrogens (tertiary/aromatic N) is 2. The van der Waals surface area contributed by atoms with Gasteiger partial charge in [0, 0.05) is 18.3 Å². The molecule has 2 aromatic carbocycles. The molecule has 2 aliphatic rings. The number of alkyl halides is 2. The number of anilines is 1. The number of para-hydroxylation sites is 1. The van der Waals surface area contributed by atoms with Gasteiger partial charge in [0.15, 0.2) is 16.7 Å². The highest BCUT2D eigenvalue weighted by atomic mass is 32.2. The van der Waals surface area contributed by atoms with Crippen molar-refractivity contribution in [2.45, 2.75) is 50.1 Å². The number of aromatic nitrogens is 2. The van der Waals surface area contributed by atoms with Gasteiger partial charge in [0.05, 0.1) is 16.7 Å². The molecule has 0 atom stereocenters. The van der Waals surface area contributed by atoms with Gasteiger partial charge in [0.1, 0.15) is 0 Å². The second-order valence-electron chi connectivity index (χ2n) is 8.39. The molecule has 5 rings (SSSR count). The van der Waals surface area contributed by atoms with E-state index in [1.165, 1.54) is 30.2 Å². The van der Waals surface area contributed by atoms with Gasteiger partial charge in [-0.05, 0) is 56.4 Å². The number of carbonyl (C=O) groups excluding carboxylic acids is 1. The first-order valence-corrected chi connectivity index (χ1v) is 12.4. The molecule has 0 radical (unpaired) electrons. The molecular weight excluding hydrogens is 476 g/mol. The van der Waals surface area contributed by atoms with Crippen LogP contribution in [0.5, 0.6) is 11.5 Å². The summed E-state index contributed by atoms with van der Waals surface area (Å²) in [6.07, 6.45) is 3.77. The Morgan fingerprint density at radius 3 is 2.80 bits per heavy atom. The zero-order chi connectivity index (χ0) is 24.4. The van der Waals surface area contributed by atoms with E-state index in [1.54, 1.807) is 22.8 Å². The summed E-state index contributed by atoms with van der Waals surface area (Å²) in [4.78, 5) is 30.5. The lowest BCUT2D eigenvalue weighted by atomic mass is 9.97. The normalized spacial score (nSPS) is 16.2. The zero-order valence-electron chi connectivity index (χ0n) is 18.8. The maximum absolute atomic E-state index is 13.2. The number of ether oxygens (including phenoxy) is 2. The largest absolute Gasteiger partial charge is 0.586 e. The van der Waals surface area contributed by atoms with Gasteiger partial charge in [-0.1, -0.05) is 35.5 Å². The second-order valence-corrected chi connectivity index (χ2v) is 9.33. The number of allylic oxidation sites excluding steroid dienone is 2. The maximum atomic E-state index is 13.2. The van der Waals surface area contributed by atoms with E-state index < -0.39 is 6.29 Å². The first kappa shape index (κ1) is 23.3. The predicted molar refractivity (Wildman–Crippen MR) is 129 cm³/mol. The maximum Gasteiger partial charge on any atom is 0.586 e. The fourth-order valence-electron chi connectivity index (χ4n) is 4.20. The topological polar surface area (TPSA) is 82.5 Å². The van der Waals surface area contributed by atoms with Crippen LogP contribution in [-0.2, 0) is 11.3 Å². The summed E-state index contributed by atoms with van der Waals surface area (Å²) in [6.45, 7) is 0.489. The first-order chi connectivity index (χ1) is 16.9. The van der Waals surface area contributed by atoms with Crippen LogP contribution in [0.2, 0.25) is 0 Å². The van der Waals surface area contributed by atoms with Gasteiger partial charge in [0.2, 0.25) is 5.91 Å². The minimum atomic E-state index is -3.72. The van der Waals surface area contributed by atoms with Crippen LogP contribution in [0.3, 0.4) is 0 Å². The number of halogens is 2. The van der Waals surface area contributed by atoms with Gasteiger partial charge in [-0.25, -0.2) is 4.98 Å². The number of amides is 1. The Bertz CT molecular complexity index is 1370. The molecule has 0 saturated carbocycles. The van der Waals surface area contributed by atoms with E-state index in [9.17, 15) is 18.4 Å². The molecule has 1 amide bonds. The molecule has 0 saturated heterocycles. The van der Waals surface area contributed by atoms with Crippen molar-refractivity contribution in [3.8, 4) is 11.5 Å². The Hall–Kier alpha value is -3.40. The Morgan fingerprint density at radius 2 is 1.97 bits per heavy atom. The number of rotatable bonds is 7. The van der Waals surface area contributed by atoms with Gasteiger partial charge in [-0.2, -0.15) is 0 Å². The van der Waals surface area contributed by atoms with Crippen molar-refractivity contribution >= 4 is 34.3 Å². The highest BCUT2D eigenvalue weighted by Crippen LogP contribution is 2.42. The Labute approximate surface area is 204 Å². The standard InChI is InChI=1S/C25H23F2N3O4S/c26-25(27)33-20-11-10-17(14-21(20)34-25)28-22(31)15-35-24-29-19-9-5-4-8-18(19)23(32)30(24)13-12-16-6-2-1-3-7-16/h4-6,8-11,14H,1-3,7,12-13,15H2,(H,28,31). The van der Waals surface area contributed by atoms with E-state index >= 15 is 0 Å². The van der Waals surface area contributed by atoms with Crippen molar-refractivity contribution in [2.24, 2.45) is 0 Å². The molecule has 2 heterocycles. The fraction of sp³-hybridized carbons (Fsp3) is 0.320. The SMILES string of the molecule is O=C(CSc1nc2ccccc2c(=O)n1CCC1=CCCCC1)Nc1ccc2c(c1)OC(F)(F)O2. The molecule has 0 spiro atoms. The van der Waals surface area contributed by atoms with E-state index in [4.69, 9.17) is 0 Å². The molecule has 7 nitrogen and oxygen atoms in total. The summed E-state index contributed by atoms with van der Waals surface area (Å²) in [5.41, 5.74) is 2.08. The molecule has 1 aromatic heterocycles. The number of hydrogen-bond donors (Lipinski definition) is 1. The molecule has 1 N–H and O–H groups in total. The first-order valence-electron chi connectivity index (χ1n) is 11.4. The smallest absolute Gasteiger partial charge is 0.395 e. The lowest BCUT2D eigenvalue weighted by Gasteiger charge is -2.16. The average molecular weight is 500 g/mol. The third-order valence-electron chi connectivity index (χ3n) is 5.89. The van der Waals surface area contributed by atoms with Crippen molar-refractivity contribution < 1.29 is 23.0 Å². The van der Waals surface area contributed by atoms with E-state index in [0.717, 1.165) is 37.4 Å². The van der Waals surface area contributed by atoms with Crippen LogP contribution in [0.1, 0.15) is 32.1 Å². The van der Waals surface area contributed by atoms with Crippen LogP contribution in [0.15, 0.2) is 64.1 Å². The van der Waals surface area contributed by atoms with Crippen LogP contribution in [0.25, 0.3) is 10.9 Å². The third-order valence-corrected chi connectivity index (χ3v) is 6.86. The third kappa shape index (κ3) is 5.32. The molecule has 10 heteroatoms. The lowest BCUT2D eigenvalue weighted by Crippen LogP contribution is -2.25. The van der Waals surface area contributed by atoms with Gasteiger partial charge in [-0.15, -0.1) is 8.78 Å². The minimum absolute atomic E-state index is 0.0158. The van der Waals surface area contributed by atoms with Crippen LogP contribution in [-0.4, -0.2) is 27.5 Å². The van der Waals surface area contributed by atoms with Crippen LogP contribution >= 0.6 is 11.8 Å². The number of benzene rings is 2. The summed E-state index contributed by atoms with van der Waals surface area (Å²) in [7, 11) is 0.